The van der Waals surface area contributed by atoms with E-state index in [1.54, 1.807) is 24.3 Å². The van der Waals surface area contributed by atoms with E-state index < -0.39 is 5.97 Å². The maximum absolute atomic E-state index is 12.4. The minimum absolute atomic E-state index is 0.0823. The van der Waals surface area contributed by atoms with Crippen LogP contribution in [-0.4, -0.2) is 34.5 Å². The van der Waals surface area contributed by atoms with Gasteiger partial charge in [-0.05, 0) is 37.8 Å². The lowest BCUT2D eigenvalue weighted by Crippen LogP contribution is -2.39. The Morgan fingerprint density at radius 3 is 2.29 bits per heavy atom. The van der Waals surface area contributed by atoms with Crippen LogP contribution in [0.2, 0.25) is 0 Å². The molecule has 1 N–H and O–H groups in total. The van der Waals surface area contributed by atoms with Gasteiger partial charge in [0.25, 0.3) is 0 Å². The fourth-order valence-electron chi connectivity index (χ4n) is 2.33. The van der Waals surface area contributed by atoms with Crippen LogP contribution in [0, 0.1) is 5.92 Å². The van der Waals surface area contributed by atoms with E-state index in [2.05, 4.69) is 13.8 Å². The van der Waals surface area contributed by atoms with E-state index in [0.717, 1.165) is 6.54 Å². The summed E-state index contributed by atoms with van der Waals surface area (Å²) in [7, 11) is 0. The first kappa shape index (κ1) is 17.2. The third-order valence-electron chi connectivity index (χ3n) is 3.36. The highest BCUT2D eigenvalue weighted by molar-refractivity contribution is 5.89. The van der Waals surface area contributed by atoms with Crippen molar-refractivity contribution < 1.29 is 14.7 Å². The SMILES string of the molecule is CC(C)CN(C(=O)CCc1ccccc1C(=O)O)C(C)C. The molecule has 0 fully saturated rings. The Bertz CT molecular complexity index is 495. The number of carbonyl (C=O) groups is 2. The van der Waals surface area contributed by atoms with E-state index in [1.807, 2.05) is 18.7 Å². The van der Waals surface area contributed by atoms with E-state index >= 15 is 0 Å². The molecule has 4 nitrogen and oxygen atoms in total. The summed E-state index contributed by atoms with van der Waals surface area (Å²) in [5, 5.41) is 9.15. The second-order valence-corrected chi connectivity index (χ2v) is 6.00. The zero-order chi connectivity index (χ0) is 16.0. The molecule has 1 aromatic rings. The molecule has 21 heavy (non-hydrogen) atoms. The highest BCUT2D eigenvalue weighted by atomic mass is 16.4. The van der Waals surface area contributed by atoms with E-state index in [9.17, 15) is 9.59 Å². The van der Waals surface area contributed by atoms with Crippen molar-refractivity contribution in [3.05, 3.63) is 35.4 Å². The van der Waals surface area contributed by atoms with Crippen LogP contribution in [0.5, 0.6) is 0 Å². The van der Waals surface area contributed by atoms with Gasteiger partial charge in [-0.1, -0.05) is 32.0 Å². The van der Waals surface area contributed by atoms with E-state index in [1.165, 1.54) is 0 Å². The summed E-state index contributed by atoms with van der Waals surface area (Å²) in [4.78, 5) is 25.4. The Labute approximate surface area is 126 Å². The van der Waals surface area contributed by atoms with E-state index in [4.69, 9.17) is 5.11 Å². The standard InChI is InChI=1S/C17H25NO3/c1-12(2)11-18(13(3)4)16(19)10-9-14-7-5-6-8-15(14)17(20)21/h5-8,12-13H,9-11H2,1-4H3,(H,20,21). The Morgan fingerprint density at radius 1 is 1.14 bits per heavy atom. The molecule has 0 unspecified atom stereocenters. The second-order valence-electron chi connectivity index (χ2n) is 6.00. The van der Waals surface area contributed by atoms with Crippen molar-refractivity contribution in [2.45, 2.75) is 46.6 Å². The number of benzene rings is 1. The molecular weight excluding hydrogens is 266 g/mol. The fraction of sp³-hybridized carbons (Fsp3) is 0.529. The van der Waals surface area contributed by atoms with Crippen molar-refractivity contribution >= 4 is 11.9 Å². The quantitative estimate of drug-likeness (QED) is 0.839. The van der Waals surface area contributed by atoms with Crippen LogP contribution in [0.1, 0.15) is 50.0 Å². The van der Waals surface area contributed by atoms with Gasteiger partial charge in [-0.2, -0.15) is 0 Å². The largest absolute Gasteiger partial charge is 0.478 e. The molecule has 0 bridgehead atoms. The molecule has 4 heteroatoms. The first-order valence-electron chi connectivity index (χ1n) is 7.43. The molecule has 1 amide bonds. The first-order chi connectivity index (χ1) is 9.82. The third kappa shape index (κ3) is 5.21. The summed E-state index contributed by atoms with van der Waals surface area (Å²) in [5.74, 6) is -0.442. The predicted octanol–water partition coefficient (Wildman–Crippen LogP) is 3.21. The third-order valence-corrected chi connectivity index (χ3v) is 3.36. The Balaban J connectivity index is 2.73. The lowest BCUT2D eigenvalue weighted by Gasteiger charge is -2.28. The molecule has 1 aromatic carbocycles. The summed E-state index contributed by atoms with van der Waals surface area (Å²) in [5.41, 5.74) is 0.997. The van der Waals surface area contributed by atoms with E-state index in [-0.39, 0.29) is 17.5 Å². The molecule has 0 aliphatic heterocycles. The number of carboxylic acid groups (broad SMARTS) is 1. The molecule has 1 rings (SSSR count). The first-order valence-corrected chi connectivity index (χ1v) is 7.43. The molecule has 0 aromatic heterocycles. The highest BCUT2D eigenvalue weighted by Gasteiger charge is 2.18. The molecule has 0 aliphatic carbocycles. The maximum atomic E-state index is 12.4. The number of nitrogens with zero attached hydrogens (tertiary/aromatic N) is 1. The number of aromatic carboxylic acids is 1. The van der Waals surface area contributed by atoms with Gasteiger partial charge in [0.1, 0.15) is 0 Å². The van der Waals surface area contributed by atoms with Crippen molar-refractivity contribution in [2.75, 3.05) is 6.54 Å². The van der Waals surface area contributed by atoms with Crippen LogP contribution in [0.4, 0.5) is 0 Å². The monoisotopic (exact) mass is 291 g/mol. The molecule has 0 saturated heterocycles. The molecule has 0 heterocycles. The maximum Gasteiger partial charge on any atom is 0.335 e. The highest BCUT2D eigenvalue weighted by Crippen LogP contribution is 2.14. The number of carbonyl (C=O) groups excluding carboxylic acids is 1. The van der Waals surface area contributed by atoms with Gasteiger partial charge < -0.3 is 10.0 Å². The predicted molar refractivity (Wildman–Crippen MR) is 83.4 cm³/mol. The van der Waals surface area contributed by atoms with E-state index in [0.29, 0.717) is 24.3 Å². The van der Waals surface area contributed by atoms with Crippen molar-refractivity contribution in [1.29, 1.82) is 0 Å². The summed E-state index contributed by atoms with van der Waals surface area (Å²) in [6.45, 7) is 8.92. The lowest BCUT2D eigenvalue weighted by atomic mass is 10.0. The number of hydrogen-bond acceptors (Lipinski definition) is 2. The van der Waals surface area contributed by atoms with Crippen LogP contribution in [0.25, 0.3) is 0 Å². The zero-order valence-corrected chi connectivity index (χ0v) is 13.3. The van der Waals surface area contributed by atoms with Gasteiger partial charge in [0.05, 0.1) is 5.56 Å². The van der Waals surface area contributed by atoms with Gasteiger partial charge in [0.2, 0.25) is 5.91 Å². The average molecular weight is 291 g/mol. The lowest BCUT2D eigenvalue weighted by molar-refractivity contribution is -0.133. The number of hydrogen-bond donors (Lipinski definition) is 1. The van der Waals surface area contributed by atoms with Crippen molar-refractivity contribution in [3.8, 4) is 0 Å². The van der Waals surface area contributed by atoms with Crippen LogP contribution in [-0.2, 0) is 11.2 Å². The summed E-state index contributed by atoms with van der Waals surface area (Å²) < 4.78 is 0. The van der Waals surface area contributed by atoms with Crippen molar-refractivity contribution in [3.63, 3.8) is 0 Å². The van der Waals surface area contributed by atoms with Gasteiger partial charge >= 0.3 is 5.97 Å². The van der Waals surface area contributed by atoms with Gasteiger partial charge in [-0.15, -0.1) is 0 Å². The van der Waals surface area contributed by atoms with Crippen LogP contribution in [0.15, 0.2) is 24.3 Å². The second kappa shape index (κ2) is 7.81. The molecule has 0 aliphatic rings. The van der Waals surface area contributed by atoms with Crippen LogP contribution >= 0.6 is 0 Å². The molecule has 0 spiro atoms. The molecular formula is C17H25NO3. The molecule has 0 atom stereocenters. The molecule has 116 valence electrons. The minimum Gasteiger partial charge on any atom is -0.478 e. The van der Waals surface area contributed by atoms with Gasteiger partial charge in [-0.3, -0.25) is 4.79 Å². The number of rotatable bonds is 7. The summed E-state index contributed by atoms with van der Waals surface area (Å²) in [6, 6.07) is 7.03. The van der Waals surface area contributed by atoms with Gasteiger partial charge in [0.15, 0.2) is 0 Å². The topological polar surface area (TPSA) is 57.6 Å². The zero-order valence-electron chi connectivity index (χ0n) is 13.3. The Morgan fingerprint density at radius 2 is 1.76 bits per heavy atom. The van der Waals surface area contributed by atoms with Gasteiger partial charge in [0, 0.05) is 19.0 Å². The number of aryl methyl sites for hydroxylation is 1. The minimum atomic E-state index is -0.944. The van der Waals surface area contributed by atoms with Crippen LogP contribution in [0.3, 0.4) is 0 Å². The number of carboxylic acids is 1. The van der Waals surface area contributed by atoms with Gasteiger partial charge in [-0.25, -0.2) is 4.79 Å². The average Bonchev–Trinajstić information content (AvgIpc) is 2.41. The molecule has 0 saturated carbocycles. The fourth-order valence-corrected chi connectivity index (χ4v) is 2.33. The normalized spacial score (nSPS) is 11.0. The van der Waals surface area contributed by atoms with Crippen molar-refractivity contribution in [1.82, 2.24) is 4.90 Å². The van der Waals surface area contributed by atoms with Crippen molar-refractivity contribution in [2.24, 2.45) is 5.92 Å². The van der Waals surface area contributed by atoms with Crippen LogP contribution < -0.4 is 0 Å². The summed E-state index contributed by atoms with van der Waals surface area (Å²) in [6.07, 6.45) is 0.803. The number of amides is 1. The Kier molecular flexibility index (Phi) is 6.40. The summed E-state index contributed by atoms with van der Waals surface area (Å²) >= 11 is 0. The smallest absolute Gasteiger partial charge is 0.335 e. The Hall–Kier alpha value is -1.84. The molecule has 0 radical (unpaired) electrons.